The lowest BCUT2D eigenvalue weighted by Gasteiger charge is -2.30. The fraction of sp³-hybridized carbons (Fsp3) is 0.360. The van der Waals surface area contributed by atoms with Gasteiger partial charge in [0.25, 0.3) is 5.91 Å². The predicted octanol–water partition coefficient (Wildman–Crippen LogP) is 3.57. The number of pyridine rings is 1. The molecule has 0 bridgehead atoms. The Hall–Kier alpha value is -3.37. The number of hydrogen-bond acceptors (Lipinski definition) is 6. The number of amides is 1. The molecule has 35 heavy (non-hydrogen) atoms. The first-order chi connectivity index (χ1) is 16.5. The summed E-state index contributed by atoms with van der Waals surface area (Å²) in [5.74, 6) is -0.264. The van der Waals surface area contributed by atoms with E-state index in [1.807, 2.05) is 37.6 Å². The number of aliphatic hydroxyl groups is 1. The molecular weight excluding hydrogens is 462 g/mol. The van der Waals surface area contributed by atoms with Crippen molar-refractivity contribution in [1.29, 1.82) is 0 Å². The van der Waals surface area contributed by atoms with Gasteiger partial charge in [-0.3, -0.25) is 14.2 Å². The molecule has 1 atom stereocenters. The largest absolute Gasteiger partial charge is 0.391 e. The summed E-state index contributed by atoms with van der Waals surface area (Å²) < 4.78 is 3.46. The molecule has 184 valence electrons. The van der Waals surface area contributed by atoms with Gasteiger partial charge in [-0.2, -0.15) is 23.7 Å². The van der Waals surface area contributed by atoms with E-state index >= 15 is 0 Å². The summed E-state index contributed by atoms with van der Waals surface area (Å²) in [6.07, 6.45) is 8.48. The Morgan fingerprint density at radius 1 is 1.17 bits per heavy atom. The molecular formula is C25H31N7O2S. The zero-order chi connectivity index (χ0) is 23.7. The second-order valence-corrected chi connectivity index (χ2v) is 8.94. The second kappa shape index (κ2) is 10.5. The van der Waals surface area contributed by atoms with Crippen molar-refractivity contribution in [3.63, 3.8) is 0 Å². The van der Waals surface area contributed by atoms with Crippen LogP contribution in [0.4, 0.5) is 11.4 Å². The molecule has 9 nitrogen and oxygen atoms in total. The van der Waals surface area contributed by atoms with E-state index in [2.05, 4.69) is 31.5 Å². The lowest BCUT2D eigenvalue weighted by molar-refractivity contribution is 0.102. The van der Waals surface area contributed by atoms with E-state index in [4.69, 9.17) is 0 Å². The summed E-state index contributed by atoms with van der Waals surface area (Å²) in [6.45, 7) is 4.04. The lowest BCUT2D eigenvalue weighted by atomic mass is 10.1. The van der Waals surface area contributed by atoms with Crippen LogP contribution in [0.1, 0.15) is 36.7 Å². The van der Waals surface area contributed by atoms with Crippen LogP contribution in [-0.4, -0.2) is 54.8 Å². The number of aliphatic hydroxyl groups excluding tert-OH is 1. The fourth-order valence-electron chi connectivity index (χ4n) is 4.46. The van der Waals surface area contributed by atoms with Gasteiger partial charge < -0.3 is 15.3 Å². The van der Waals surface area contributed by atoms with Crippen LogP contribution in [0.2, 0.25) is 0 Å². The highest BCUT2D eigenvalue weighted by Crippen LogP contribution is 2.33. The number of anilines is 2. The van der Waals surface area contributed by atoms with E-state index in [1.54, 1.807) is 28.6 Å². The Morgan fingerprint density at radius 3 is 2.74 bits per heavy atom. The number of nitrogens with zero attached hydrogens (tertiary/aromatic N) is 6. The molecule has 1 saturated heterocycles. The summed E-state index contributed by atoms with van der Waals surface area (Å²) in [5, 5.41) is 22.5. The van der Waals surface area contributed by atoms with Gasteiger partial charge in [-0.1, -0.05) is 6.07 Å². The molecule has 0 unspecified atom stereocenters. The minimum Gasteiger partial charge on any atom is -0.391 e. The number of piperidine rings is 1. The average molecular weight is 494 g/mol. The molecule has 1 amide bonds. The maximum Gasteiger partial charge on any atom is 0.274 e. The molecule has 1 fully saturated rings. The first-order valence-corrected chi connectivity index (χ1v) is 11.7. The topological polar surface area (TPSA) is 101 Å². The van der Waals surface area contributed by atoms with Crippen LogP contribution in [0, 0.1) is 0 Å². The normalized spacial score (nSPS) is 14.5. The number of rotatable bonds is 6. The van der Waals surface area contributed by atoms with Gasteiger partial charge in [0.05, 0.1) is 41.4 Å². The molecule has 1 aliphatic heterocycles. The summed E-state index contributed by atoms with van der Waals surface area (Å²) in [5.41, 5.74) is 4.45. The van der Waals surface area contributed by atoms with Crippen LogP contribution in [0.15, 0.2) is 48.9 Å². The standard InChI is InChI=1S/C25H29N7O2.H2S/c1-17(33)14-32-16-19(13-26-32)20-7-6-8-21(27-20)25(34)28-23-11-18-15-30(2)29-22(18)12-24(23)31-9-4-3-5-10-31;/h6-8,11-13,15-17,33H,3-5,9-10,14H2,1-2H3,(H,28,34);1H2/t17-;/m0./s1. The third kappa shape index (κ3) is 5.49. The Labute approximate surface area is 211 Å². The van der Waals surface area contributed by atoms with E-state index in [9.17, 15) is 9.90 Å². The zero-order valence-corrected chi connectivity index (χ0v) is 21.0. The fourth-order valence-corrected chi connectivity index (χ4v) is 4.46. The predicted molar refractivity (Wildman–Crippen MR) is 142 cm³/mol. The maximum absolute atomic E-state index is 13.3. The monoisotopic (exact) mass is 493 g/mol. The van der Waals surface area contributed by atoms with Gasteiger partial charge in [0, 0.05) is 43.5 Å². The SMILES string of the molecule is C[C@H](O)Cn1cc(-c2cccc(C(=O)Nc3cc4cn(C)nc4cc3N3CCCCC3)n2)cn1.S. The Morgan fingerprint density at radius 2 is 1.97 bits per heavy atom. The summed E-state index contributed by atoms with van der Waals surface area (Å²) in [7, 11) is 1.90. The molecule has 5 rings (SSSR count). The molecule has 4 aromatic rings. The molecule has 1 aliphatic rings. The van der Waals surface area contributed by atoms with Crippen LogP contribution < -0.4 is 10.2 Å². The van der Waals surface area contributed by atoms with E-state index in [1.165, 1.54) is 6.42 Å². The van der Waals surface area contributed by atoms with E-state index in [0.29, 0.717) is 17.9 Å². The van der Waals surface area contributed by atoms with Crippen molar-refractivity contribution < 1.29 is 9.90 Å². The van der Waals surface area contributed by atoms with Gasteiger partial charge in [-0.25, -0.2) is 4.98 Å². The number of fused-ring (bicyclic) bond motifs is 1. The molecule has 4 heterocycles. The van der Waals surface area contributed by atoms with Crippen molar-refractivity contribution in [2.24, 2.45) is 7.05 Å². The van der Waals surface area contributed by atoms with Crippen LogP contribution in [-0.2, 0) is 13.6 Å². The number of aromatic nitrogens is 5. The van der Waals surface area contributed by atoms with E-state index < -0.39 is 6.10 Å². The van der Waals surface area contributed by atoms with Crippen molar-refractivity contribution >= 4 is 41.7 Å². The molecule has 0 radical (unpaired) electrons. The van der Waals surface area contributed by atoms with Crippen LogP contribution in [0.3, 0.4) is 0 Å². The van der Waals surface area contributed by atoms with Gasteiger partial charge in [0.2, 0.25) is 0 Å². The van der Waals surface area contributed by atoms with Crippen molar-refractivity contribution in [3.05, 3.63) is 54.6 Å². The van der Waals surface area contributed by atoms with Crippen molar-refractivity contribution in [2.45, 2.75) is 38.8 Å². The maximum atomic E-state index is 13.3. The highest BCUT2D eigenvalue weighted by atomic mass is 32.1. The molecule has 0 aliphatic carbocycles. The summed E-state index contributed by atoms with van der Waals surface area (Å²) in [6, 6.07) is 9.44. The first-order valence-electron chi connectivity index (χ1n) is 11.7. The second-order valence-electron chi connectivity index (χ2n) is 8.94. The highest BCUT2D eigenvalue weighted by molar-refractivity contribution is 7.59. The molecule has 2 N–H and O–H groups in total. The van der Waals surface area contributed by atoms with Gasteiger partial charge in [0.15, 0.2) is 0 Å². The number of benzene rings is 1. The number of nitrogens with one attached hydrogen (secondary N) is 1. The van der Waals surface area contributed by atoms with Gasteiger partial charge >= 0.3 is 0 Å². The molecule has 3 aromatic heterocycles. The number of aryl methyl sites for hydroxylation is 1. The number of carbonyl (C=O) groups is 1. The smallest absolute Gasteiger partial charge is 0.274 e. The third-order valence-electron chi connectivity index (χ3n) is 6.04. The first kappa shape index (κ1) is 24.7. The number of carbonyl (C=O) groups excluding carboxylic acids is 1. The minimum absolute atomic E-state index is 0. The summed E-state index contributed by atoms with van der Waals surface area (Å²) in [4.78, 5) is 20.2. The Kier molecular flexibility index (Phi) is 7.42. The van der Waals surface area contributed by atoms with Gasteiger partial charge in [-0.15, -0.1) is 0 Å². The zero-order valence-electron chi connectivity index (χ0n) is 20.0. The Bertz CT molecular complexity index is 1320. The highest BCUT2D eigenvalue weighted by Gasteiger charge is 2.19. The molecule has 10 heteroatoms. The molecule has 0 spiro atoms. The van der Waals surface area contributed by atoms with Crippen molar-refractivity contribution in [2.75, 3.05) is 23.3 Å². The Balaban J connectivity index is 0.00000289. The van der Waals surface area contributed by atoms with Gasteiger partial charge in [-0.05, 0) is 50.5 Å². The van der Waals surface area contributed by atoms with Crippen molar-refractivity contribution in [1.82, 2.24) is 24.5 Å². The quantitative estimate of drug-likeness (QED) is 0.426. The molecule has 1 aromatic carbocycles. The van der Waals surface area contributed by atoms with Crippen LogP contribution >= 0.6 is 13.5 Å². The third-order valence-corrected chi connectivity index (χ3v) is 6.04. The summed E-state index contributed by atoms with van der Waals surface area (Å²) >= 11 is 0. The van der Waals surface area contributed by atoms with Crippen LogP contribution in [0.5, 0.6) is 0 Å². The van der Waals surface area contributed by atoms with Crippen LogP contribution in [0.25, 0.3) is 22.2 Å². The van der Waals surface area contributed by atoms with Crippen molar-refractivity contribution in [3.8, 4) is 11.3 Å². The van der Waals surface area contributed by atoms with Gasteiger partial charge in [0.1, 0.15) is 5.69 Å². The average Bonchev–Trinajstić information content (AvgIpc) is 3.44. The minimum atomic E-state index is -0.496. The number of hydrogen-bond donors (Lipinski definition) is 2. The molecule has 0 saturated carbocycles. The van der Waals surface area contributed by atoms with E-state index in [-0.39, 0.29) is 19.4 Å². The lowest BCUT2D eigenvalue weighted by Crippen LogP contribution is -2.30. The van der Waals surface area contributed by atoms with E-state index in [0.717, 1.165) is 53.8 Å².